The molecular formula is C19H39N3O2. The number of hydrogen-bond donors (Lipinski definition) is 1. The normalized spacial score (nSPS) is 16.7. The van der Waals surface area contributed by atoms with Crippen molar-refractivity contribution < 1.29 is 9.53 Å². The summed E-state index contributed by atoms with van der Waals surface area (Å²) >= 11 is 0. The molecule has 5 heteroatoms. The quantitative estimate of drug-likeness (QED) is 0.522. The molecule has 0 unspecified atom stereocenters. The van der Waals surface area contributed by atoms with Crippen LogP contribution in [0, 0.1) is 5.92 Å². The van der Waals surface area contributed by atoms with E-state index in [9.17, 15) is 4.79 Å². The standard InChI is InChI=1S/C19H39N3O2/c1-4-10-21-12-14-22(15-13-21)11-6-5-7-19(23)20-9-17-24-16-8-18(2)3/h18H,4-17H2,1-3H3,(H,20,23). The molecule has 0 aliphatic carbocycles. The lowest BCUT2D eigenvalue weighted by Gasteiger charge is -2.34. The second-order valence-corrected chi connectivity index (χ2v) is 7.29. The molecule has 1 saturated heterocycles. The minimum absolute atomic E-state index is 0.162. The first-order chi connectivity index (χ1) is 11.6. The number of ether oxygens (including phenoxy) is 1. The number of rotatable bonds is 13. The highest BCUT2D eigenvalue weighted by Gasteiger charge is 2.15. The fourth-order valence-electron chi connectivity index (χ4n) is 2.95. The van der Waals surface area contributed by atoms with Crippen LogP contribution in [0.25, 0.3) is 0 Å². The number of carbonyl (C=O) groups is 1. The van der Waals surface area contributed by atoms with Crippen molar-refractivity contribution >= 4 is 5.91 Å². The molecule has 1 rings (SSSR count). The predicted molar refractivity (Wildman–Crippen MR) is 100 cm³/mol. The number of amides is 1. The SMILES string of the molecule is CCCN1CCN(CCCCC(=O)NCCOCCC(C)C)CC1. The molecule has 1 aliphatic heterocycles. The van der Waals surface area contributed by atoms with Gasteiger partial charge in [-0.1, -0.05) is 20.8 Å². The molecule has 0 aromatic carbocycles. The fourth-order valence-corrected chi connectivity index (χ4v) is 2.95. The van der Waals surface area contributed by atoms with Crippen LogP contribution in [0.4, 0.5) is 0 Å². The Balaban J connectivity index is 1.89. The van der Waals surface area contributed by atoms with Crippen molar-refractivity contribution in [2.45, 2.75) is 52.9 Å². The van der Waals surface area contributed by atoms with Gasteiger partial charge in [-0.3, -0.25) is 4.79 Å². The molecule has 0 atom stereocenters. The first kappa shape index (κ1) is 21.4. The third kappa shape index (κ3) is 11.0. The second-order valence-electron chi connectivity index (χ2n) is 7.29. The van der Waals surface area contributed by atoms with Gasteiger partial charge >= 0.3 is 0 Å². The van der Waals surface area contributed by atoms with Gasteiger partial charge in [0.15, 0.2) is 0 Å². The van der Waals surface area contributed by atoms with Gasteiger partial charge in [0.1, 0.15) is 0 Å². The molecule has 24 heavy (non-hydrogen) atoms. The Morgan fingerprint density at radius 2 is 1.71 bits per heavy atom. The van der Waals surface area contributed by atoms with E-state index in [0.717, 1.165) is 32.4 Å². The maximum absolute atomic E-state index is 11.8. The molecule has 0 radical (unpaired) electrons. The largest absolute Gasteiger partial charge is 0.380 e. The van der Waals surface area contributed by atoms with E-state index in [2.05, 4.69) is 35.9 Å². The number of hydrogen-bond acceptors (Lipinski definition) is 4. The summed E-state index contributed by atoms with van der Waals surface area (Å²) < 4.78 is 5.50. The summed E-state index contributed by atoms with van der Waals surface area (Å²) in [6.07, 6.45) is 5.07. The second kappa shape index (κ2) is 13.6. The Hall–Kier alpha value is -0.650. The van der Waals surface area contributed by atoms with E-state index in [-0.39, 0.29) is 5.91 Å². The minimum Gasteiger partial charge on any atom is -0.380 e. The van der Waals surface area contributed by atoms with Crippen molar-refractivity contribution in [1.29, 1.82) is 0 Å². The van der Waals surface area contributed by atoms with Crippen molar-refractivity contribution in [1.82, 2.24) is 15.1 Å². The highest BCUT2D eigenvalue weighted by molar-refractivity contribution is 5.75. The Morgan fingerprint density at radius 3 is 2.33 bits per heavy atom. The highest BCUT2D eigenvalue weighted by atomic mass is 16.5. The average molecular weight is 342 g/mol. The van der Waals surface area contributed by atoms with E-state index in [1.54, 1.807) is 0 Å². The van der Waals surface area contributed by atoms with E-state index in [1.165, 1.54) is 39.1 Å². The molecule has 142 valence electrons. The number of nitrogens with one attached hydrogen (secondary N) is 1. The van der Waals surface area contributed by atoms with Gasteiger partial charge in [0.05, 0.1) is 6.61 Å². The summed E-state index contributed by atoms with van der Waals surface area (Å²) in [7, 11) is 0. The van der Waals surface area contributed by atoms with E-state index in [0.29, 0.717) is 25.5 Å². The van der Waals surface area contributed by atoms with Crippen LogP contribution in [0.1, 0.15) is 52.9 Å². The fraction of sp³-hybridized carbons (Fsp3) is 0.947. The van der Waals surface area contributed by atoms with Crippen LogP contribution in [0.3, 0.4) is 0 Å². The van der Waals surface area contributed by atoms with Crippen LogP contribution in [0.2, 0.25) is 0 Å². The first-order valence-corrected chi connectivity index (χ1v) is 9.91. The van der Waals surface area contributed by atoms with E-state index < -0.39 is 0 Å². The zero-order valence-electron chi connectivity index (χ0n) is 16.2. The lowest BCUT2D eigenvalue weighted by molar-refractivity contribution is -0.121. The van der Waals surface area contributed by atoms with Gasteiger partial charge in [-0.25, -0.2) is 0 Å². The molecule has 0 aromatic rings. The van der Waals surface area contributed by atoms with Gasteiger partial charge in [-0.05, 0) is 44.7 Å². The van der Waals surface area contributed by atoms with Crippen LogP contribution in [0.5, 0.6) is 0 Å². The Morgan fingerprint density at radius 1 is 1.04 bits per heavy atom. The van der Waals surface area contributed by atoms with E-state index in [1.807, 2.05) is 0 Å². The number of piperazine rings is 1. The summed E-state index contributed by atoms with van der Waals surface area (Å²) in [5.41, 5.74) is 0. The number of unbranched alkanes of at least 4 members (excludes halogenated alkanes) is 1. The lowest BCUT2D eigenvalue weighted by atomic mass is 10.1. The maximum Gasteiger partial charge on any atom is 0.220 e. The van der Waals surface area contributed by atoms with Gasteiger partial charge in [-0.2, -0.15) is 0 Å². The summed E-state index contributed by atoms with van der Waals surface area (Å²) in [4.78, 5) is 16.8. The molecular weight excluding hydrogens is 302 g/mol. The molecule has 0 spiro atoms. The number of nitrogens with zero attached hydrogens (tertiary/aromatic N) is 2. The molecule has 1 N–H and O–H groups in total. The third-order valence-corrected chi connectivity index (χ3v) is 4.54. The Kier molecular flexibility index (Phi) is 12.1. The van der Waals surface area contributed by atoms with Crippen LogP contribution in [-0.4, -0.2) is 74.7 Å². The monoisotopic (exact) mass is 341 g/mol. The molecule has 1 heterocycles. The van der Waals surface area contributed by atoms with Crippen LogP contribution in [-0.2, 0) is 9.53 Å². The zero-order valence-corrected chi connectivity index (χ0v) is 16.2. The highest BCUT2D eigenvalue weighted by Crippen LogP contribution is 2.05. The van der Waals surface area contributed by atoms with Crippen LogP contribution < -0.4 is 5.32 Å². The van der Waals surface area contributed by atoms with Crippen molar-refractivity contribution in [3.63, 3.8) is 0 Å². The van der Waals surface area contributed by atoms with Gasteiger partial charge in [0.25, 0.3) is 0 Å². The van der Waals surface area contributed by atoms with Gasteiger partial charge in [-0.15, -0.1) is 0 Å². The summed E-state index contributed by atoms with van der Waals surface area (Å²) in [5, 5.41) is 2.94. The van der Waals surface area contributed by atoms with Crippen LogP contribution >= 0.6 is 0 Å². The van der Waals surface area contributed by atoms with Crippen molar-refractivity contribution in [2.24, 2.45) is 5.92 Å². The smallest absolute Gasteiger partial charge is 0.220 e. The van der Waals surface area contributed by atoms with E-state index >= 15 is 0 Å². The molecule has 1 amide bonds. The molecule has 0 bridgehead atoms. The molecule has 0 saturated carbocycles. The zero-order chi connectivity index (χ0) is 17.6. The maximum atomic E-state index is 11.8. The third-order valence-electron chi connectivity index (χ3n) is 4.54. The first-order valence-electron chi connectivity index (χ1n) is 9.91. The average Bonchev–Trinajstić information content (AvgIpc) is 2.56. The topological polar surface area (TPSA) is 44.8 Å². The molecule has 0 aromatic heterocycles. The van der Waals surface area contributed by atoms with Gasteiger partial charge in [0, 0.05) is 45.8 Å². The summed E-state index contributed by atoms with van der Waals surface area (Å²) in [6.45, 7) is 15.8. The number of carbonyl (C=O) groups excluding carboxylic acids is 1. The van der Waals surface area contributed by atoms with Crippen molar-refractivity contribution in [3.8, 4) is 0 Å². The van der Waals surface area contributed by atoms with E-state index in [4.69, 9.17) is 4.74 Å². The van der Waals surface area contributed by atoms with Gasteiger partial charge in [0.2, 0.25) is 5.91 Å². The minimum atomic E-state index is 0.162. The summed E-state index contributed by atoms with van der Waals surface area (Å²) in [5.74, 6) is 0.837. The van der Waals surface area contributed by atoms with Crippen LogP contribution in [0.15, 0.2) is 0 Å². The molecule has 5 nitrogen and oxygen atoms in total. The van der Waals surface area contributed by atoms with Crippen molar-refractivity contribution in [3.05, 3.63) is 0 Å². The van der Waals surface area contributed by atoms with Gasteiger partial charge < -0.3 is 19.9 Å². The Bertz CT molecular complexity index is 316. The lowest BCUT2D eigenvalue weighted by Crippen LogP contribution is -2.46. The molecule has 1 aliphatic rings. The summed E-state index contributed by atoms with van der Waals surface area (Å²) in [6, 6.07) is 0. The Labute approximate surface area is 149 Å². The van der Waals surface area contributed by atoms with Crippen molar-refractivity contribution in [2.75, 3.05) is 59.0 Å². The molecule has 1 fully saturated rings. The predicted octanol–water partition coefficient (Wildman–Crippen LogP) is 2.36.